The summed E-state index contributed by atoms with van der Waals surface area (Å²) in [5.41, 5.74) is 2.52. The first-order valence-corrected chi connectivity index (χ1v) is 4.81. The van der Waals surface area contributed by atoms with Gasteiger partial charge in [-0.25, -0.2) is 15.8 Å². The average molecular weight is 203 g/mol. The fourth-order valence-corrected chi connectivity index (χ4v) is 1.44. The molecular weight excluding hydrogens is 190 g/mol. The largest absolute Gasteiger partial charge is 0.308 e. The lowest BCUT2D eigenvalue weighted by Crippen LogP contribution is -2.10. The summed E-state index contributed by atoms with van der Waals surface area (Å²) in [7, 11) is 0. The van der Waals surface area contributed by atoms with Gasteiger partial charge in [0.25, 0.3) is 0 Å². The topological polar surface area (TPSA) is 68.8 Å². The molecule has 15 heavy (non-hydrogen) atoms. The summed E-state index contributed by atoms with van der Waals surface area (Å²) in [6.45, 7) is 2.06. The molecular formula is C10H13N5. The highest BCUT2D eigenvalue weighted by Crippen LogP contribution is 2.11. The number of anilines is 1. The molecule has 0 saturated heterocycles. The van der Waals surface area contributed by atoms with Gasteiger partial charge in [-0.05, 0) is 12.1 Å². The Labute approximate surface area is 87.9 Å². The lowest BCUT2D eigenvalue weighted by Gasteiger charge is -2.06. The predicted molar refractivity (Wildman–Crippen MR) is 58.5 cm³/mol. The maximum Gasteiger partial charge on any atom is 0.142 e. The number of aromatic nitrogens is 3. The van der Waals surface area contributed by atoms with E-state index in [1.165, 1.54) is 0 Å². The molecule has 2 rings (SSSR count). The molecule has 0 aromatic carbocycles. The molecule has 0 aliphatic carbocycles. The van der Waals surface area contributed by atoms with Crippen LogP contribution in [0.3, 0.4) is 0 Å². The van der Waals surface area contributed by atoms with E-state index in [0.717, 1.165) is 18.1 Å². The summed E-state index contributed by atoms with van der Waals surface area (Å²) in [5.74, 6) is 7.75. The highest BCUT2D eigenvalue weighted by molar-refractivity contribution is 5.39. The number of nitrogens with zero attached hydrogens (tertiary/aromatic N) is 3. The lowest BCUT2D eigenvalue weighted by molar-refractivity contribution is 0.868. The summed E-state index contributed by atoms with van der Waals surface area (Å²) in [6.07, 6.45) is 4.53. The van der Waals surface area contributed by atoms with Gasteiger partial charge in [-0.3, -0.25) is 4.57 Å². The van der Waals surface area contributed by atoms with E-state index in [9.17, 15) is 0 Å². The quantitative estimate of drug-likeness (QED) is 0.579. The molecule has 0 spiro atoms. The van der Waals surface area contributed by atoms with Gasteiger partial charge in [0.05, 0.1) is 0 Å². The van der Waals surface area contributed by atoms with Crippen LogP contribution in [0.1, 0.15) is 12.7 Å². The number of pyridine rings is 1. The first-order valence-electron chi connectivity index (χ1n) is 4.81. The molecule has 0 unspecified atom stereocenters. The molecule has 2 aromatic rings. The summed E-state index contributed by atoms with van der Waals surface area (Å²) in [5, 5.41) is 0. The van der Waals surface area contributed by atoms with Gasteiger partial charge in [0, 0.05) is 18.8 Å². The van der Waals surface area contributed by atoms with Crippen molar-refractivity contribution in [1.82, 2.24) is 14.5 Å². The van der Waals surface area contributed by atoms with E-state index < -0.39 is 0 Å². The van der Waals surface area contributed by atoms with Crippen molar-refractivity contribution in [2.24, 2.45) is 5.84 Å². The summed E-state index contributed by atoms with van der Waals surface area (Å²) in [6, 6.07) is 5.63. The van der Waals surface area contributed by atoms with E-state index in [2.05, 4.69) is 22.3 Å². The van der Waals surface area contributed by atoms with E-state index >= 15 is 0 Å². The molecule has 2 aromatic heterocycles. The first-order chi connectivity index (χ1) is 7.35. The second kappa shape index (κ2) is 4.10. The Morgan fingerprint density at radius 3 is 3.07 bits per heavy atom. The van der Waals surface area contributed by atoms with Gasteiger partial charge < -0.3 is 5.43 Å². The van der Waals surface area contributed by atoms with Gasteiger partial charge in [-0.1, -0.05) is 13.0 Å². The number of hydrazine groups is 1. The SMILES string of the molecule is CCc1nccn1-c1cccc(NN)n1. The number of hydrogen-bond donors (Lipinski definition) is 2. The Balaban J connectivity index is 2.44. The third kappa shape index (κ3) is 1.82. The Hall–Kier alpha value is -1.88. The van der Waals surface area contributed by atoms with E-state index in [0.29, 0.717) is 5.82 Å². The Morgan fingerprint density at radius 2 is 2.33 bits per heavy atom. The van der Waals surface area contributed by atoms with E-state index in [4.69, 9.17) is 5.84 Å². The van der Waals surface area contributed by atoms with Crippen molar-refractivity contribution in [3.05, 3.63) is 36.4 Å². The summed E-state index contributed by atoms with van der Waals surface area (Å²) >= 11 is 0. The number of hydrogen-bond acceptors (Lipinski definition) is 4. The maximum atomic E-state index is 5.31. The molecule has 0 bridgehead atoms. The van der Waals surface area contributed by atoms with E-state index in [-0.39, 0.29) is 0 Å². The monoisotopic (exact) mass is 203 g/mol. The highest BCUT2D eigenvalue weighted by atomic mass is 15.3. The molecule has 3 N–H and O–H groups in total. The van der Waals surface area contributed by atoms with Crippen molar-refractivity contribution < 1.29 is 0 Å². The number of nitrogens with two attached hydrogens (primary N) is 1. The summed E-state index contributed by atoms with van der Waals surface area (Å²) in [4.78, 5) is 8.57. The van der Waals surface area contributed by atoms with Gasteiger partial charge in [0.1, 0.15) is 17.5 Å². The van der Waals surface area contributed by atoms with E-state index in [1.807, 2.05) is 29.0 Å². The van der Waals surface area contributed by atoms with Gasteiger partial charge in [0.2, 0.25) is 0 Å². The minimum Gasteiger partial charge on any atom is -0.308 e. The molecule has 0 aliphatic rings. The number of nitrogen functional groups attached to an aromatic ring is 1. The maximum absolute atomic E-state index is 5.31. The van der Waals surface area contributed by atoms with Crippen LogP contribution in [0.15, 0.2) is 30.6 Å². The van der Waals surface area contributed by atoms with Crippen molar-refractivity contribution >= 4 is 5.82 Å². The first kappa shape index (κ1) is 9.67. The van der Waals surface area contributed by atoms with Gasteiger partial charge in [0.15, 0.2) is 0 Å². The third-order valence-corrected chi connectivity index (χ3v) is 2.16. The zero-order valence-electron chi connectivity index (χ0n) is 8.51. The van der Waals surface area contributed by atoms with Crippen LogP contribution in [0.2, 0.25) is 0 Å². The Kier molecular flexibility index (Phi) is 2.64. The van der Waals surface area contributed by atoms with Gasteiger partial charge in [-0.15, -0.1) is 0 Å². The minimum absolute atomic E-state index is 0.642. The zero-order valence-corrected chi connectivity index (χ0v) is 8.51. The van der Waals surface area contributed by atoms with Crippen molar-refractivity contribution in [3.8, 4) is 5.82 Å². The van der Waals surface area contributed by atoms with Crippen LogP contribution in [0.25, 0.3) is 5.82 Å². The molecule has 0 atom stereocenters. The number of rotatable bonds is 3. The van der Waals surface area contributed by atoms with Crippen LogP contribution in [0.4, 0.5) is 5.82 Å². The average Bonchev–Trinajstić information content (AvgIpc) is 2.77. The van der Waals surface area contributed by atoms with Crippen molar-refractivity contribution in [1.29, 1.82) is 0 Å². The van der Waals surface area contributed by atoms with Gasteiger partial charge in [-0.2, -0.15) is 0 Å². The number of aryl methyl sites for hydroxylation is 1. The standard InChI is InChI=1S/C10H13N5/c1-2-9-12-6-7-15(9)10-5-3-4-8(13-10)14-11/h3-7H,2,11H2,1H3,(H,13,14). The lowest BCUT2D eigenvalue weighted by atomic mass is 10.4. The molecule has 0 radical (unpaired) electrons. The minimum atomic E-state index is 0.642. The molecule has 78 valence electrons. The van der Waals surface area contributed by atoms with E-state index in [1.54, 1.807) is 6.20 Å². The summed E-state index contributed by atoms with van der Waals surface area (Å²) < 4.78 is 1.95. The van der Waals surface area contributed by atoms with Crippen molar-refractivity contribution in [2.75, 3.05) is 5.43 Å². The Morgan fingerprint density at radius 1 is 1.47 bits per heavy atom. The predicted octanol–water partition coefficient (Wildman–Crippen LogP) is 1.12. The molecule has 5 heteroatoms. The zero-order chi connectivity index (χ0) is 10.7. The van der Waals surface area contributed by atoms with Crippen molar-refractivity contribution in [3.63, 3.8) is 0 Å². The molecule has 0 aliphatic heterocycles. The molecule has 0 saturated carbocycles. The molecule has 0 fully saturated rings. The van der Waals surface area contributed by atoms with Crippen LogP contribution in [-0.2, 0) is 6.42 Å². The third-order valence-electron chi connectivity index (χ3n) is 2.16. The molecule has 2 heterocycles. The highest BCUT2D eigenvalue weighted by Gasteiger charge is 2.03. The Bertz CT molecular complexity index is 449. The number of imidazole rings is 1. The normalized spacial score (nSPS) is 10.3. The smallest absolute Gasteiger partial charge is 0.142 e. The van der Waals surface area contributed by atoms with Crippen molar-refractivity contribution in [2.45, 2.75) is 13.3 Å². The van der Waals surface area contributed by atoms with Gasteiger partial charge >= 0.3 is 0 Å². The number of nitrogens with one attached hydrogen (secondary N) is 1. The second-order valence-electron chi connectivity index (χ2n) is 3.09. The van der Waals surface area contributed by atoms with Crippen LogP contribution >= 0.6 is 0 Å². The fraction of sp³-hybridized carbons (Fsp3) is 0.200. The fourth-order valence-electron chi connectivity index (χ4n) is 1.44. The van der Waals surface area contributed by atoms with Crippen LogP contribution < -0.4 is 11.3 Å². The van der Waals surface area contributed by atoms with Crippen LogP contribution in [0.5, 0.6) is 0 Å². The molecule has 0 amide bonds. The van der Waals surface area contributed by atoms with Crippen LogP contribution in [-0.4, -0.2) is 14.5 Å². The second-order valence-corrected chi connectivity index (χ2v) is 3.09. The molecule has 5 nitrogen and oxygen atoms in total. The van der Waals surface area contributed by atoms with Crippen LogP contribution in [0, 0.1) is 0 Å².